The number of unbranched alkanes of at least 4 members (excludes halogenated alkanes) is 1. The predicted octanol–water partition coefficient (Wildman–Crippen LogP) is 3.09. The van der Waals surface area contributed by atoms with E-state index in [1.54, 1.807) is 45.0 Å². The fourth-order valence-corrected chi connectivity index (χ4v) is 4.68. The summed E-state index contributed by atoms with van der Waals surface area (Å²) in [6, 6.07) is 6.04. The molecule has 0 saturated heterocycles. The number of carbonyl (C=O) groups is 3. The van der Waals surface area contributed by atoms with Crippen LogP contribution >= 0.6 is 11.8 Å². The number of hydrogen-bond donors (Lipinski definition) is 5. The highest BCUT2D eigenvalue weighted by molar-refractivity contribution is 7.99. The summed E-state index contributed by atoms with van der Waals surface area (Å²) in [7, 11) is 0. The zero-order valence-electron chi connectivity index (χ0n) is 25.1. The Balaban J connectivity index is 1.69. The molecule has 0 aliphatic rings. The standard InChI is InChI=1S/C28H40N8O6S/c1-6-7-12-30-25-34-22(29)21-23(35-25)36(26(39)33-21)15-18-8-10-19(11-9-18)31-24(38)20(16-43-14-13-41-17(2)37)32-27(40)42-28(3,4)5/h8-11,20H,6-7,12-16H2,1-5H3,(H,31,38)(H,32,40)(H,33,39)(H3,29,30,34,35)/t20-/m0/s1. The molecular formula is C28H40N8O6S. The Kier molecular flexibility index (Phi) is 11.8. The molecule has 1 aromatic carbocycles. The molecule has 0 radical (unpaired) electrons. The number of hydrogen-bond acceptors (Lipinski definition) is 11. The van der Waals surface area contributed by atoms with E-state index in [1.807, 2.05) is 0 Å². The Morgan fingerprint density at radius 3 is 2.53 bits per heavy atom. The number of esters is 1. The summed E-state index contributed by atoms with van der Waals surface area (Å²) in [6.07, 6.45) is 1.23. The van der Waals surface area contributed by atoms with Crippen LogP contribution in [0.25, 0.3) is 11.2 Å². The molecule has 0 aliphatic heterocycles. The maximum absolute atomic E-state index is 13.1. The lowest BCUT2D eigenvalue weighted by Gasteiger charge is -2.23. The van der Waals surface area contributed by atoms with Crippen LogP contribution in [0.3, 0.4) is 0 Å². The maximum atomic E-state index is 13.1. The molecule has 3 aromatic rings. The minimum atomic E-state index is -0.910. The highest BCUT2D eigenvalue weighted by Crippen LogP contribution is 2.19. The van der Waals surface area contributed by atoms with Gasteiger partial charge in [-0.2, -0.15) is 21.7 Å². The summed E-state index contributed by atoms with van der Waals surface area (Å²) in [5, 5.41) is 8.55. The van der Waals surface area contributed by atoms with Crippen LogP contribution < -0.4 is 27.4 Å². The van der Waals surface area contributed by atoms with E-state index in [0.717, 1.165) is 18.4 Å². The van der Waals surface area contributed by atoms with Gasteiger partial charge in [0.15, 0.2) is 11.5 Å². The number of fused-ring (bicyclic) bond motifs is 1. The first-order valence-electron chi connectivity index (χ1n) is 14.0. The van der Waals surface area contributed by atoms with Crippen molar-refractivity contribution < 1.29 is 23.9 Å². The largest absolute Gasteiger partial charge is 0.465 e. The summed E-state index contributed by atoms with van der Waals surface area (Å²) in [4.78, 5) is 60.7. The van der Waals surface area contributed by atoms with E-state index in [9.17, 15) is 19.2 Å². The van der Waals surface area contributed by atoms with E-state index < -0.39 is 23.6 Å². The van der Waals surface area contributed by atoms with E-state index in [4.69, 9.17) is 15.2 Å². The van der Waals surface area contributed by atoms with Crippen molar-refractivity contribution in [2.24, 2.45) is 0 Å². The van der Waals surface area contributed by atoms with Gasteiger partial charge in [0.25, 0.3) is 0 Å². The number of benzene rings is 1. The van der Waals surface area contributed by atoms with Crippen molar-refractivity contribution in [3.63, 3.8) is 0 Å². The van der Waals surface area contributed by atoms with Gasteiger partial charge in [0.2, 0.25) is 11.9 Å². The van der Waals surface area contributed by atoms with Gasteiger partial charge in [-0.15, -0.1) is 0 Å². The average Bonchev–Trinajstić information content (AvgIpc) is 3.23. The van der Waals surface area contributed by atoms with Crippen LogP contribution in [0.5, 0.6) is 0 Å². The second-order valence-electron chi connectivity index (χ2n) is 10.7. The predicted molar refractivity (Wildman–Crippen MR) is 167 cm³/mol. The molecule has 0 spiro atoms. The first-order chi connectivity index (χ1) is 20.4. The molecule has 0 unspecified atom stereocenters. The lowest BCUT2D eigenvalue weighted by molar-refractivity contribution is -0.140. The number of nitrogen functional groups attached to an aromatic ring is 1. The van der Waals surface area contributed by atoms with Crippen molar-refractivity contribution >= 4 is 58.3 Å². The summed E-state index contributed by atoms with van der Waals surface area (Å²) in [5.74, 6) is 0.380. The summed E-state index contributed by atoms with van der Waals surface area (Å²) in [6.45, 7) is 9.67. The van der Waals surface area contributed by atoms with E-state index in [0.29, 0.717) is 35.1 Å². The quantitative estimate of drug-likeness (QED) is 0.132. The highest BCUT2D eigenvalue weighted by atomic mass is 32.2. The molecule has 2 aromatic heterocycles. The van der Waals surface area contributed by atoms with Gasteiger partial charge in [0.1, 0.15) is 23.8 Å². The second kappa shape index (κ2) is 15.3. The number of carbonyl (C=O) groups excluding carboxylic acids is 3. The van der Waals surface area contributed by atoms with Gasteiger partial charge in [-0.05, 0) is 44.9 Å². The van der Waals surface area contributed by atoms with Crippen LogP contribution in [-0.4, -0.2) is 73.8 Å². The second-order valence-corrected chi connectivity index (χ2v) is 11.9. The highest BCUT2D eigenvalue weighted by Gasteiger charge is 2.25. The van der Waals surface area contributed by atoms with Gasteiger partial charge in [-0.25, -0.2) is 9.59 Å². The van der Waals surface area contributed by atoms with Crippen molar-refractivity contribution in [1.29, 1.82) is 0 Å². The van der Waals surface area contributed by atoms with E-state index in [2.05, 4.69) is 37.8 Å². The summed E-state index contributed by atoms with van der Waals surface area (Å²) in [5.41, 5.74) is 6.99. The van der Waals surface area contributed by atoms with E-state index in [-0.39, 0.29) is 36.4 Å². The minimum absolute atomic E-state index is 0.178. The molecule has 2 heterocycles. The molecule has 15 heteroatoms. The summed E-state index contributed by atoms with van der Waals surface area (Å²) >= 11 is 1.35. The zero-order valence-corrected chi connectivity index (χ0v) is 25.9. The fourth-order valence-electron chi connectivity index (χ4n) is 3.84. The van der Waals surface area contributed by atoms with Crippen molar-refractivity contribution in [2.45, 2.75) is 65.6 Å². The number of rotatable bonds is 14. The Labute approximate surface area is 253 Å². The number of nitrogens with zero attached hydrogens (tertiary/aromatic N) is 3. The number of aromatic amines is 1. The van der Waals surface area contributed by atoms with Gasteiger partial charge < -0.3 is 36.1 Å². The van der Waals surface area contributed by atoms with Crippen molar-refractivity contribution in [3.8, 4) is 0 Å². The number of nitrogens with one attached hydrogen (secondary N) is 4. The maximum Gasteiger partial charge on any atom is 0.408 e. The number of aromatic nitrogens is 4. The average molecular weight is 617 g/mol. The lowest BCUT2D eigenvalue weighted by Crippen LogP contribution is -2.47. The molecule has 0 fully saturated rings. The van der Waals surface area contributed by atoms with Gasteiger partial charge in [0.05, 0.1) is 6.54 Å². The van der Waals surface area contributed by atoms with Crippen molar-refractivity contribution in [1.82, 2.24) is 24.8 Å². The minimum Gasteiger partial charge on any atom is -0.465 e. The van der Waals surface area contributed by atoms with Crippen LogP contribution in [0.1, 0.15) is 53.0 Å². The molecule has 14 nitrogen and oxygen atoms in total. The molecular weight excluding hydrogens is 576 g/mol. The molecule has 0 aliphatic carbocycles. The third-order valence-electron chi connectivity index (χ3n) is 5.85. The van der Waals surface area contributed by atoms with Crippen LogP contribution in [0, 0.1) is 0 Å². The third kappa shape index (κ3) is 10.5. The smallest absolute Gasteiger partial charge is 0.408 e. The molecule has 6 N–H and O–H groups in total. The van der Waals surface area contributed by atoms with Crippen molar-refractivity contribution in [3.05, 3.63) is 40.3 Å². The molecule has 3 rings (SSSR count). The number of nitrogens with two attached hydrogens (primary N) is 1. The topological polar surface area (TPSA) is 195 Å². The molecule has 43 heavy (non-hydrogen) atoms. The Bertz CT molecular complexity index is 1460. The number of thioether (sulfide) groups is 1. The fraction of sp³-hybridized carbons (Fsp3) is 0.500. The van der Waals surface area contributed by atoms with Crippen molar-refractivity contribution in [2.75, 3.05) is 41.0 Å². The number of anilines is 3. The van der Waals surface area contributed by atoms with Crippen LogP contribution in [0.2, 0.25) is 0 Å². The Morgan fingerprint density at radius 2 is 1.88 bits per heavy atom. The van der Waals surface area contributed by atoms with E-state index in [1.165, 1.54) is 23.3 Å². The molecule has 2 amide bonds. The lowest BCUT2D eigenvalue weighted by atomic mass is 10.2. The number of amides is 2. The van der Waals surface area contributed by atoms with Gasteiger partial charge >= 0.3 is 17.8 Å². The first kappa shape index (κ1) is 33.2. The normalized spacial score (nSPS) is 12.0. The van der Waals surface area contributed by atoms with Crippen LogP contribution in [0.15, 0.2) is 29.1 Å². The van der Waals surface area contributed by atoms with Gasteiger partial charge in [-0.3, -0.25) is 14.2 Å². The van der Waals surface area contributed by atoms with Crippen LogP contribution in [-0.2, 0) is 25.6 Å². The SMILES string of the molecule is CCCCNc1nc(N)c2[nH]c(=O)n(Cc3ccc(NC(=O)[C@H](CSCCOC(C)=O)NC(=O)OC(C)(C)C)cc3)c2n1. The third-order valence-corrected chi connectivity index (χ3v) is 6.88. The number of ether oxygens (including phenoxy) is 2. The van der Waals surface area contributed by atoms with Gasteiger partial charge in [0, 0.05) is 30.7 Å². The monoisotopic (exact) mass is 616 g/mol. The number of H-pyrrole nitrogens is 1. The van der Waals surface area contributed by atoms with E-state index >= 15 is 0 Å². The van der Waals surface area contributed by atoms with Crippen LogP contribution in [0.4, 0.5) is 22.2 Å². The first-order valence-corrected chi connectivity index (χ1v) is 15.1. The summed E-state index contributed by atoms with van der Waals surface area (Å²) < 4.78 is 11.7. The molecule has 0 saturated carbocycles. The van der Waals surface area contributed by atoms with Gasteiger partial charge in [-0.1, -0.05) is 25.5 Å². The zero-order chi connectivity index (χ0) is 31.6. The Morgan fingerprint density at radius 1 is 1.16 bits per heavy atom. The Hall–Kier alpha value is -4.27. The molecule has 1 atom stereocenters. The number of imidazole rings is 1. The molecule has 0 bridgehead atoms. The number of alkyl carbamates (subject to hydrolysis) is 1. The molecule has 234 valence electrons.